The second kappa shape index (κ2) is 18.0. The van der Waals surface area contributed by atoms with E-state index < -0.39 is 72.2 Å². The van der Waals surface area contributed by atoms with Crippen molar-refractivity contribution in [3.05, 3.63) is 29.8 Å². The van der Waals surface area contributed by atoms with Crippen molar-refractivity contribution in [1.29, 1.82) is 0 Å². The van der Waals surface area contributed by atoms with E-state index in [1.807, 2.05) is 0 Å². The zero-order chi connectivity index (χ0) is 32.9. The van der Waals surface area contributed by atoms with Gasteiger partial charge in [-0.15, -0.1) is 0 Å². The van der Waals surface area contributed by atoms with Gasteiger partial charge in [0.15, 0.2) is 0 Å². The Morgan fingerprint density at radius 2 is 1.33 bits per heavy atom. The molecule has 0 aliphatic rings. The summed E-state index contributed by atoms with van der Waals surface area (Å²) in [6.45, 7) is 6.98. The van der Waals surface area contributed by atoms with Gasteiger partial charge in [-0.25, -0.2) is 4.79 Å². The molecule has 1 aromatic rings. The lowest BCUT2D eigenvalue weighted by Gasteiger charge is -2.27. The molecule has 0 spiro atoms. The Morgan fingerprint density at radius 1 is 0.814 bits per heavy atom. The standard InChI is InChI=1S/C28H43N5O9S/c1-5-15(4)23(28(41)42)33-27(40)21(13-43)32-25(38)19(10-14(2)3)31-26(39)20(12-22(35)36)30-24(37)18(29)11-16-6-8-17(34)9-7-16/h6-9,14-15,18-21,23,34,43H,5,10-13,29H2,1-4H3,(H,30,37)(H,31,39)(H,32,38)(H,33,40)(H,35,36)(H,41,42)/t15-,18-,19-,20-,21-,23-/m0/s1. The van der Waals surface area contributed by atoms with Crippen LogP contribution in [-0.4, -0.2) is 86.8 Å². The predicted octanol–water partition coefficient (Wildman–Crippen LogP) is -0.217. The Kier molecular flexibility index (Phi) is 15.5. The van der Waals surface area contributed by atoms with E-state index in [2.05, 4.69) is 33.9 Å². The first-order chi connectivity index (χ1) is 20.1. The SMILES string of the molecule is CC[C@H](C)[C@H](NC(=O)[C@H](CS)NC(=O)[C@H](CC(C)C)NC(=O)[C@H](CC(=O)O)NC(=O)[C@@H](N)Cc1ccc(O)cc1)C(=O)O. The van der Waals surface area contributed by atoms with E-state index in [4.69, 9.17) is 5.73 Å². The summed E-state index contributed by atoms with van der Waals surface area (Å²) in [5.74, 6) is -6.61. The molecule has 15 heteroatoms. The van der Waals surface area contributed by atoms with Crippen molar-refractivity contribution in [2.45, 2.75) is 83.6 Å². The highest BCUT2D eigenvalue weighted by Crippen LogP contribution is 2.12. The first kappa shape index (κ1) is 37.2. The fraction of sp³-hybridized carbons (Fsp3) is 0.571. The lowest BCUT2D eigenvalue weighted by molar-refractivity contribution is -0.143. The van der Waals surface area contributed by atoms with Gasteiger partial charge in [0, 0.05) is 5.75 Å². The molecule has 9 N–H and O–H groups in total. The number of rotatable bonds is 18. The molecule has 0 bridgehead atoms. The van der Waals surface area contributed by atoms with Crippen LogP contribution in [0.25, 0.3) is 0 Å². The molecule has 43 heavy (non-hydrogen) atoms. The van der Waals surface area contributed by atoms with Crippen molar-refractivity contribution in [1.82, 2.24) is 21.3 Å². The second-order valence-electron chi connectivity index (χ2n) is 10.8. The van der Waals surface area contributed by atoms with Crippen LogP contribution in [0, 0.1) is 11.8 Å². The number of aliphatic carboxylic acids is 2. The Bertz CT molecular complexity index is 1130. The minimum atomic E-state index is -1.57. The summed E-state index contributed by atoms with van der Waals surface area (Å²) in [6, 6.07) is -0.432. The Hall–Kier alpha value is -3.85. The van der Waals surface area contributed by atoms with Crippen LogP contribution < -0.4 is 27.0 Å². The summed E-state index contributed by atoms with van der Waals surface area (Å²) in [5.41, 5.74) is 6.58. The van der Waals surface area contributed by atoms with Gasteiger partial charge in [0.1, 0.15) is 29.9 Å². The minimum Gasteiger partial charge on any atom is -0.508 e. The van der Waals surface area contributed by atoms with Gasteiger partial charge in [0.05, 0.1) is 12.5 Å². The molecule has 6 atom stereocenters. The number of amides is 4. The van der Waals surface area contributed by atoms with Gasteiger partial charge in [-0.05, 0) is 42.4 Å². The number of thiol groups is 1. The van der Waals surface area contributed by atoms with Gasteiger partial charge in [-0.3, -0.25) is 24.0 Å². The third-order valence-corrected chi connectivity index (χ3v) is 7.04. The number of carboxylic acids is 2. The van der Waals surface area contributed by atoms with Gasteiger partial charge < -0.3 is 42.3 Å². The number of hydrogen-bond acceptors (Lipinski definition) is 9. The van der Waals surface area contributed by atoms with Crippen LogP contribution in [0.5, 0.6) is 5.75 Å². The summed E-state index contributed by atoms with van der Waals surface area (Å²) in [5, 5.41) is 37.9. The maximum absolute atomic E-state index is 13.2. The monoisotopic (exact) mass is 625 g/mol. The topological polar surface area (TPSA) is 237 Å². The van der Waals surface area contributed by atoms with Crippen molar-refractivity contribution in [3.8, 4) is 5.75 Å². The first-order valence-electron chi connectivity index (χ1n) is 13.9. The highest BCUT2D eigenvalue weighted by atomic mass is 32.1. The molecule has 1 aromatic carbocycles. The van der Waals surface area contributed by atoms with E-state index in [1.54, 1.807) is 39.8 Å². The number of hydrogen-bond donors (Lipinski definition) is 9. The van der Waals surface area contributed by atoms with E-state index in [0.29, 0.717) is 12.0 Å². The van der Waals surface area contributed by atoms with Gasteiger partial charge in [-0.2, -0.15) is 12.6 Å². The van der Waals surface area contributed by atoms with E-state index in [1.165, 1.54) is 12.1 Å². The maximum Gasteiger partial charge on any atom is 0.326 e. The molecular formula is C28H43N5O9S. The van der Waals surface area contributed by atoms with Crippen LogP contribution in [0.1, 0.15) is 52.5 Å². The third kappa shape index (κ3) is 12.9. The second-order valence-corrected chi connectivity index (χ2v) is 11.1. The number of phenols is 1. The molecule has 0 saturated carbocycles. The largest absolute Gasteiger partial charge is 0.508 e. The van der Waals surface area contributed by atoms with Crippen molar-refractivity contribution in [2.75, 3.05) is 5.75 Å². The van der Waals surface area contributed by atoms with Crippen molar-refractivity contribution in [3.63, 3.8) is 0 Å². The molecule has 0 aliphatic carbocycles. The zero-order valence-electron chi connectivity index (χ0n) is 24.7. The number of benzene rings is 1. The predicted molar refractivity (Wildman–Crippen MR) is 160 cm³/mol. The van der Waals surface area contributed by atoms with Gasteiger partial charge in [0.25, 0.3) is 0 Å². The Morgan fingerprint density at radius 3 is 1.81 bits per heavy atom. The van der Waals surface area contributed by atoms with Gasteiger partial charge in [0.2, 0.25) is 23.6 Å². The normalized spacial score (nSPS) is 15.2. The van der Waals surface area contributed by atoms with Crippen LogP contribution in [0.4, 0.5) is 0 Å². The summed E-state index contributed by atoms with van der Waals surface area (Å²) in [6.07, 6.45) is -0.184. The summed E-state index contributed by atoms with van der Waals surface area (Å²) in [4.78, 5) is 75.0. The zero-order valence-corrected chi connectivity index (χ0v) is 25.6. The summed E-state index contributed by atoms with van der Waals surface area (Å²) < 4.78 is 0. The van der Waals surface area contributed by atoms with Gasteiger partial charge in [-0.1, -0.05) is 46.2 Å². The van der Waals surface area contributed by atoms with Crippen molar-refractivity contribution >= 4 is 48.2 Å². The van der Waals surface area contributed by atoms with Crippen LogP contribution >= 0.6 is 12.6 Å². The highest BCUT2D eigenvalue weighted by molar-refractivity contribution is 7.80. The molecule has 0 heterocycles. The average molecular weight is 626 g/mol. The molecule has 0 radical (unpaired) electrons. The van der Waals surface area contributed by atoms with Crippen molar-refractivity contribution in [2.24, 2.45) is 17.6 Å². The Balaban J connectivity index is 3.03. The van der Waals surface area contributed by atoms with E-state index in [9.17, 15) is 44.1 Å². The van der Waals surface area contributed by atoms with Crippen LogP contribution in [0.15, 0.2) is 24.3 Å². The van der Waals surface area contributed by atoms with Crippen LogP contribution in [0.2, 0.25) is 0 Å². The number of phenolic OH excluding ortho intramolecular Hbond substituents is 1. The van der Waals surface area contributed by atoms with Gasteiger partial charge >= 0.3 is 11.9 Å². The average Bonchev–Trinajstić information content (AvgIpc) is 2.93. The third-order valence-electron chi connectivity index (χ3n) is 6.67. The number of carbonyl (C=O) groups excluding carboxylic acids is 4. The number of nitrogens with one attached hydrogen (secondary N) is 4. The molecular weight excluding hydrogens is 582 g/mol. The number of nitrogens with two attached hydrogens (primary N) is 1. The van der Waals surface area contributed by atoms with E-state index >= 15 is 0 Å². The minimum absolute atomic E-state index is 0.0248. The Labute approximate surface area is 256 Å². The fourth-order valence-corrected chi connectivity index (χ4v) is 4.28. The number of aromatic hydroxyl groups is 1. The summed E-state index contributed by atoms with van der Waals surface area (Å²) in [7, 11) is 0. The molecule has 4 amide bonds. The molecule has 240 valence electrons. The van der Waals surface area contributed by atoms with E-state index in [0.717, 1.165) is 0 Å². The molecule has 1 rings (SSSR count). The molecule has 0 aliphatic heterocycles. The summed E-state index contributed by atoms with van der Waals surface area (Å²) >= 11 is 4.11. The quantitative estimate of drug-likeness (QED) is 0.0972. The molecule has 14 nitrogen and oxygen atoms in total. The maximum atomic E-state index is 13.2. The van der Waals surface area contributed by atoms with E-state index in [-0.39, 0.29) is 36.2 Å². The van der Waals surface area contributed by atoms with Crippen LogP contribution in [0.3, 0.4) is 0 Å². The number of carbonyl (C=O) groups is 6. The first-order valence-corrected chi connectivity index (χ1v) is 14.5. The number of carboxylic acid groups (broad SMARTS) is 2. The smallest absolute Gasteiger partial charge is 0.326 e. The highest BCUT2D eigenvalue weighted by Gasteiger charge is 2.33. The molecule has 0 unspecified atom stereocenters. The fourth-order valence-electron chi connectivity index (χ4n) is 4.02. The molecule has 0 saturated heterocycles. The molecule has 0 fully saturated rings. The lowest BCUT2D eigenvalue weighted by Crippen LogP contribution is -2.59. The molecule has 0 aromatic heterocycles. The lowest BCUT2D eigenvalue weighted by atomic mass is 9.99. The van der Waals surface area contributed by atoms with Crippen LogP contribution in [-0.2, 0) is 35.2 Å². The van der Waals surface area contributed by atoms with Crippen molar-refractivity contribution < 1.29 is 44.1 Å².